The van der Waals surface area contributed by atoms with Gasteiger partial charge < -0.3 is 0 Å². The van der Waals surface area contributed by atoms with Crippen molar-refractivity contribution in [2.24, 2.45) is 7.05 Å². The molecule has 0 bridgehead atoms. The largest absolute Gasteiger partial charge is 0.330 e. The second-order valence-electron chi connectivity index (χ2n) is 8.52. The average molecular weight is 406 g/mol. The highest BCUT2D eigenvalue weighted by molar-refractivity contribution is 5.88. The Morgan fingerprint density at radius 1 is 0.933 bits per heavy atom. The van der Waals surface area contributed by atoms with E-state index < -0.39 is 0 Å². The summed E-state index contributed by atoms with van der Waals surface area (Å²) < 4.78 is 5.53. The summed E-state index contributed by atoms with van der Waals surface area (Å²) >= 11 is 0. The molecule has 30 heavy (non-hydrogen) atoms. The summed E-state index contributed by atoms with van der Waals surface area (Å²) in [6, 6.07) is 4.54. The summed E-state index contributed by atoms with van der Waals surface area (Å²) in [5.74, 6) is 0. The minimum absolute atomic E-state index is 0.00602. The lowest BCUT2D eigenvalue weighted by molar-refractivity contribution is 0.461. The van der Waals surface area contributed by atoms with E-state index in [0.717, 1.165) is 46.6 Å². The predicted octanol–water partition coefficient (Wildman–Crippen LogP) is 4.95. The summed E-state index contributed by atoms with van der Waals surface area (Å²) in [5, 5.41) is 4.91. The molecule has 4 rings (SSSR count). The van der Waals surface area contributed by atoms with E-state index in [9.17, 15) is 4.79 Å². The molecule has 0 aliphatic rings. The van der Waals surface area contributed by atoms with Gasteiger partial charge in [0.25, 0.3) is 0 Å². The molecular weight excluding hydrogens is 374 g/mol. The molecule has 0 N–H and O–H groups in total. The first-order valence-corrected chi connectivity index (χ1v) is 10.8. The fourth-order valence-corrected chi connectivity index (χ4v) is 5.05. The van der Waals surface area contributed by atoms with Gasteiger partial charge in [-0.3, -0.25) is 9.13 Å². The average Bonchev–Trinajstić information content (AvgIpc) is 3.12. The van der Waals surface area contributed by atoms with Crippen molar-refractivity contribution in [1.29, 1.82) is 0 Å². The molecular formula is C24H31N5O. The lowest BCUT2D eigenvalue weighted by Gasteiger charge is -2.15. The smallest absolute Gasteiger partial charge is 0.292 e. The van der Waals surface area contributed by atoms with Crippen molar-refractivity contribution in [2.75, 3.05) is 0 Å². The molecule has 6 nitrogen and oxygen atoms in total. The highest BCUT2D eigenvalue weighted by Gasteiger charge is 2.25. The van der Waals surface area contributed by atoms with Crippen LogP contribution in [0.15, 0.2) is 16.9 Å². The zero-order chi connectivity index (χ0) is 21.9. The number of aryl methyl sites for hydroxylation is 6. The number of hydrogen-bond acceptors (Lipinski definition) is 3. The number of benzene rings is 1. The van der Waals surface area contributed by atoms with E-state index in [2.05, 4.69) is 46.8 Å². The van der Waals surface area contributed by atoms with Crippen molar-refractivity contribution < 1.29 is 0 Å². The maximum atomic E-state index is 13.2. The van der Waals surface area contributed by atoms with E-state index in [-0.39, 0.29) is 11.7 Å². The molecule has 0 aliphatic heterocycles. The predicted molar refractivity (Wildman–Crippen MR) is 122 cm³/mol. The van der Waals surface area contributed by atoms with E-state index in [1.54, 1.807) is 4.57 Å². The zero-order valence-corrected chi connectivity index (χ0v) is 19.3. The van der Waals surface area contributed by atoms with E-state index in [1.807, 2.05) is 30.0 Å². The van der Waals surface area contributed by atoms with Gasteiger partial charge in [0.2, 0.25) is 0 Å². The summed E-state index contributed by atoms with van der Waals surface area (Å²) in [6.07, 6.45) is 1.78. The van der Waals surface area contributed by atoms with Crippen LogP contribution in [0.5, 0.6) is 0 Å². The van der Waals surface area contributed by atoms with Crippen molar-refractivity contribution in [3.63, 3.8) is 0 Å². The molecule has 0 atom stereocenters. The molecule has 6 heteroatoms. The van der Waals surface area contributed by atoms with E-state index >= 15 is 0 Å². The highest BCUT2D eigenvalue weighted by Crippen LogP contribution is 2.35. The van der Waals surface area contributed by atoms with Crippen molar-refractivity contribution in [2.45, 2.75) is 67.3 Å². The molecule has 3 aromatic heterocycles. The summed E-state index contributed by atoms with van der Waals surface area (Å²) in [7, 11) is 1.83. The molecule has 0 saturated carbocycles. The Morgan fingerprint density at radius 2 is 1.53 bits per heavy atom. The van der Waals surface area contributed by atoms with Gasteiger partial charge in [-0.15, -0.1) is 0 Å². The molecule has 0 aliphatic carbocycles. The van der Waals surface area contributed by atoms with Crippen LogP contribution < -0.4 is 5.69 Å². The van der Waals surface area contributed by atoms with Crippen molar-refractivity contribution >= 4 is 16.8 Å². The van der Waals surface area contributed by atoms with Gasteiger partial charge in [-0.25, -0.2) is 9.78 Å². The molecule has 158 valence electrons. The minimum Gasteiger partial charge on any atom is -0.292 e. The Bertz CT molecular complexity index is 1330. The maximum absolute atomic E-state index is 13.2. The van der Waals surface area contributed by atoms with Gasteiger partial charge >= 0.3 is 5.69 Å². The molecule has 0 unspecified atom stereocenters. The van der Waals surface area contributed by atoms with Crippen molar-refractivity contribution in [3.05, 3.63) is 50.7 Å². The zero-order valence-electron chi connectivity index (χ0n) is 19.3. The fraction of sp³-hybridized carbons (Fsp3) is 0.458. The van der Waals surface area contributed by atoms with Gasteiger partial charge in [-0.1, -0.05) is 31.5 Å². The molecule has 3 heterocycles. The Kier molecular flexibility index (Phi) is 4.83. The number of aromatic nitrogens is 5. The van der Waals surface area contributed by atoms with Crippen LogP contribution in [0.25, 0.3) is 27.9 Å². The topological polar surface area (TPSA) is 57.1 Å². The van der Waals surface area contributed by atoms with Crippen LogP contribution >= 0.6 is 0 Å². The third-order valence-electron chi connectivity index (χ3n) is 6.36. The highest BCUT2D eigenvalue weighted by atomic mass is 16.1. The molecule has 0 spiro atoms. The Hall–Kier alpha value is -2.89. The third-order valence-corrected chi connectivity index (χ3v) is 6.36. The molecule has 0 saturated heterocycles. The van der Waals surface area contributed by atoms with E-state index in [0.29, 0.717) is 0 Å². The van der Waals surface area contributed by atoms with Crippen LogP contribution in [0.1, 0.15) is 60.8 Å². The molecule has 0 radical (unpaired) electrons. The number of nitrogens with zero attached hydrogens (tertiary/aromatic N) is 5. The van der Waals surface area contributed by atoms with Crippen molar-refractivity contribution in [3.8, 4) is 11.1 Å². The lowest BCUT2D eigenvalue weighted by atomic mass is 9.94. The van der Waals surface area contributed by atoms with Gasteiger partial charge in [-0.05, 0) is 64.2 Å². The molecule has 1 aromatic carbocycles. The fourth-order valence-electron chi connectivity index (χ4n) is 5.05. The first kappa shape index (κ1) is 20.4. The Morgan fingerprint density at radius 3 is 2.10 bits per heavy atom. The first-order valence-electron chi connectivity index (χ1n) is 10.8. The number of fused-ring (bicyclic) bond motifs is 3. The van der Waals surface area contributed by atoms with Gasteiger partial charge in [0, 0.05) is 13.1 Å². The SMILES string of the molecule is CCC(CC)n1c(=O)n(C)c2c(C)nc3c(-c4c(C)cc(C)cc4C)c(C)nn3c21. The van der Waals surface area contributed by atoms with E-state index in [1.165, 1.54) is 22.3 Å². The second kappa shape index (κ2) is 7.11. The molecule has 4 aromatic rings. The standard InChI is InChI=1S/C24H31N5O/c1-9-18(10-2)28-23-21(27(8)24(28)30)17(7)25-22-20(16(6)26-29(22)23)19-14(4)11-13(3)12-15(19)5/h11-12,18H,9-10H2,1-8H3. The quantitative estimate of drug-likeness (QED) is 0.482. The number of imidazole rings is 1. The summed E-state index contributed by atoms with van der Waals surface area (Å²) in [5.41, 5.74) is 10.2. The Labute approximate surface area is 177 Å². The van der Waals surface area contributed by atoms with Crippen LogP contribution in [-0.2, 0) is 7.05 Å². The molecule has 0 fully saturated rings. The van der Waals surface area contributed by atoms with Crippen LogP contribution in [-0.4, -0.2) is 23.7 Å². The van der Waals surface area contributed by atoms with E-state index in [4.69, 9.17) is 10.1 Å². The van der Waals surface area contributed by atoms with Crippen LogP contribution in [0.4, 0.5) is 0 Å². The Balaban J connectivity index is 2.21. The van der Waals surface area contributed by atoms with Crippen LogP contribution in [0.2, 0.25) is 0 Å². The van der Waals surface area contributed by atoms with Crippen molar-refractivity contribution in [1.82, 2.24) is 23.7 Å². The third kappa shape index (κ3) is 2.73. The van der Waals surface area contributed by atoms with Crippen LogP contribution in [0, 0.1) is 34.6 Å². The number of rotatable bonds is 4. The summed E-state index contributed by atoms with van der Waals surface area (Å²) in [4.78, 5) is 18.2. The maximum Gasteiger partial charge on any atom is 0.330 e. The first-order chi connectivity index (χ1) is 14.2. The van der Waals surface area contributed by atoms with Gasteiger partial charge in [0.05, 0.1) is 17.0 Å². The minimum atomic E-state index is -0.00602. The van der Waals surface area contributed by atoms with Crippen LogP contribution in [0.3, 0.4) is 0 Å². The van der Waals surface area contributed by atoms with Gasteiger partial charge in [-0.2, -0.15) is 9.61 Å². The lowest BCUT2D eigenvalue weighted by Crippen LogP contribution is -2.26. The monoisotopic (exact) mass is 405 g/mol. The molecule has 0 amide bonds. The summed E-state index contributed by atoms with van der Waals surface area (Å²) in [6.45, 7) is 14.7. The second-order valence-corrected chi connectivity index (χ2v) is 8.52. The number of hydrogen-bond donors (Lipinski definition) is 0. The normalized spacial score (nSPS) is 12.0. The van der Waals surface area contributed by atoms with Gasteiger partial charge in [0.1, 0.15) is 5.52 Å². The van der Waals surface area contributed by atoms with Gasteiger partial charge in [0.15, 0.2) is 11.3 Å².